The van der Waals surface area contributed by atoms with Crippen LogP contribution in [0.2, 0.25) is 0 Å². The van der Waals surface area contributed by atoms with Gasteiger partial charge in [0.25, 0.3) is 0 Å². The van der Waals surface area contributed by atoms with Crippen LogP contribution >= 0.6 is 0 Å². The third-order valence-corrected chi connectivity index (χ3v) is 5.05. The summed E-state index contributed by atoms with van der Waals surface area (Å²) in [4.78, 5) is 6.78. The maximum atomic E-state index is 8.58. The van der Waals surface area contributed by atoms with Crippen LogP contribution in [0.3, 0.4) is 0 Å². The molecule has 0 bridgehead atoms. The van der Waals surface area contributed by atoms with Crippen molar-refractivity contribution < 1.29 is 9.47 Å². The molecule has 1 saturated heterocycles. The Balaban J connectivity index is 2.05. The average molecular weight is 395 g/mol. The van der Waals surface area contributed by atoms with Crippen LogP contribution in [0, 0.1) is 11.3 Å². The van der Waals surface area contributed by atoms with Gasteiger partial charge in [-0.2, -0.15) is 0 Å². The highest BCUT2D eigenvalue weighted by Crippen LogP contribution is 2.33. The van der Waals surface area contributed by atoms with Gasteiger partial charge in [0, 0.05) is 30.1 Å². The molecule has 3 N–H and O–H groups in total. The first-order valence-corrected chi connectivity index (χ1v) is 10.1. The lowest BCUT2D eigenvalue weighted by atomic mass is 9.91. The molecule has 6 heteroatoms. The molecular formula is C23H30N4O2. The van der Waals surface area contributed by atoms with Gasteiger partial charge in [0.05, 0.1) is 19.8 Å². The number of hydrogen-bond acceptors (Lipinski definition) is 6. The summed E-state index contributed by atoms with van der Waals surface area (Å²) in [5.41, 5.74) is 11.1. The van der Waals surface area contributed by atoms with E-state index in [4.69, 9.17) is 20.6 Å². The molecule has 2 aromatic rings. The number of anilines is 2. The van der Waals surface area contributed by atoms with Gasteiger partial charge in [-0.15, -0.1) is 0 Å². The monoisotopic (exact) mass is 394 g/mol. The molecule has 1 aliphatic heterocycles. The number of nitrogen functional groups attached to an aromatic ring is 1. The van der Waals surface area contributed by atoms with E-state index in [9.17, 15) is 0 Å². The normalized spacial score (nSPS) is 14.1. The highest BCUT2D eigenvalue weighted by Gasteiger charge is 2.20. The molecule has 6 nitrogen and oxygen atoms in total. The van der Waals surface area contributed by atoms with Crippen LogP contribution in [0.5, 0.6) is 0 Å². The number of morpholine rings is 1. The zero-order chi connectivity index (χ0) is 21.0. The number of benzene rings is 1. The largest absolute Gasteiger partial charge is 0.492 e. The third-order valence-electron chi connectivity index (χ3n) is 5.05. The van der Waals surface area contributed by atoms with Crippen LogP contribution in [0.15, 0.2) is 36.9 Å². The summed E-state index contributed by atoms with van der Waals surface area (Å²) in [7, 11) is 0. The average Bonchev–Trinajstić information content (AvgIpc) is 2.73. The van der Waals surface area contributed by atoms with Crippen molar-refractivity contribution in [1.29, 1.82) is 5.41 Å². The molecule has 0 amide bonds. The van der Waals surface area contributed by atoms with E-state index in [0.717, 1.165) is 37.4 Å². The maximum Gasteiger partial charge on any atom is 0.137 e. The fourth-order valence-corrected chi connectivity index (χ4v) is 3.43. The fourth-order valence-electron chi connectivity index (χ4n) is 3.43. The second kappa shape index (κ2) is 9.09. The Bertz CT molecular complexity index is 884. The number of nitrogens with two attached hydrogens (primary N) is 1. The summed E-state index contributed by atoms with van der Waals surface area (Å²) in [5, 5.41) is 8.58. The van der Waals surface area contributed by atoms with E-state index in [1.807, 2.05) is 26.8 Å². The van der Waals surface area contributed by atoms with E-state index in [0.29, 0.717) is 35.2 Å². The molecular weight excluding hydrogens is 364 g/mol. The van der Waals surface area contributed by atoms with Crippen molar-refractivity contribution in [2.75, 3.05) is 43.5 Å². The van der Waals surface area contributed by atoms with Crippen LogP contribution in [0.25, 0.3) is 16.9 Å². The second-order valence-electron chi connectivity index (χ2n) is 7.39. The van der Waals surface area contributed by atoms with E-state index in [1.165, 1.54) is 5.69 Å². The number of ether oxygens (including phenoxy) is 2. The first kappa shape index (κ1) is 20.9. The Morgan fingerprint density at radius 2 is 1.93 bits per heavy atom. The standard InChI is InChI=1S/C23H30N4O2/c1-5-29-16(4)20-14-19(21(23(25)26-20)22(24)15(2)3)17-6-8-18(9-7-17)27-10-12-28-13-11-27/h6-9,14-15,24H,4-5,10-13H2,1-3H3,(H2,25,26). The molecule has 0 unspecified atom stereocenters. The Hall–Kier alpha value is -2.86. The smallest absolute Gasteiger partial charge is 0.137 e. The van der Waals surface area contributed by atoms with Gasteiger partial charge in [-0.3, -0.25) is 0 Å². The predicted octanol–water partition coefficient (Wildman–Crippen LogP) is 4.20. The first-order chi connectivity index (χ1) is 13.9. The minimum absolute atomic E-state index is 0.0337. The van der Waals surface area contributed by atoms with Gasteiger partial charge < -0.3 is 25.5 Å². The lowest BCUT2D eigenvalue weighted by Crippen LogP contribution is -2.36. The molecule has 0 spiro atoms. The molecule has 0 aliphatic carbocycles. The van der Waals surface area contributed by atoms with Crippen molar-refractivity contribution in [1.82, 2.24) is 4.98 Å². The van der Waals surface area contributed by atoms with Crippen molar-refractivity contribution >= 4 is 23.0 Å². The predicted molar refractivity (Wildman–Crippen MR) is 119 cm³/mol. The Labute approximate surface area is 172 Å². The number of aromatic nitrogens is 1. The van der Waals surface area contributed by atoms with Crippen LogP contribution in [0.1, 0.15) is 32.0 Å². The molecule has 2 heterocycles. The van der Waals surface area contributed by atoms with Gasteiger partial charge in [-0.05, 0) is 42.2 Å². The van der Waals surface area contributed by atoms with Crippen LogP contribution < -0.4 is 10.6 Å². The lowest BCUT2D eigenvalue weighted by Gasteiger charge is -2.29. The quantitative estimate of drug-likeness (QED) is 0.543. The Morgan fingerprint density at radius 1 is 1.28 bits per heavy atom. The van der Waals surface area contributed by atoms with Gasteiger partial charge in [-0.1, -0.05) is 32.6 Å². The van der Waals surface area contributed by atoms with Gasteiger partial charge >= 0.3 is 0 Å². The summed E-state index contributed by atoms with van der Waals surface area (Å²) < 4.78 is 11.0. The molecule has 0 radical (unpaired) electrons. The highest BCUT2D eigenvalue weighted by atomic mass is 16.5. The summed E-state index contributed by atoms with van der Waals surface area (Å²) in [6, 6.07) is 10.3. The number of nitrogens with one attached hydrogen (secondary N) is 1. The van der Waals surface area contributed by atoms with Crippen molar-refractivity contribution in [3.63, 3.8) is 0 Å². The van der Waals surface area contributed by atoms with E-state index in [-0.39, 0.29) is 5.92 Å². The molecule has 0 saturated carbocycles. The topological polar surface area (TPSA) is 84.5 Å². The molecule has 29 heavy (non-hydrogen) atoms. The number of rotatable bonds is 7. The SMILES string of the molecule is C=C(OCC)c1cc(-c2ccc(N3CCOCC3)cc2)c(C(=N)C(C)C)c(N)n1. The Kier molecular flexibility index (Phi) is 6.54. The van der Waals surface area contributed by atoms with E-state index >= 15 is 0 Å². The van der Waals surface area contributed by atoms with Crippen molar-refractivity contribution in [2.24, 2.45) is 5.92 Å². The highest BCUT2D eigenvalue weighted by molar-refractivity contribution is 6.08. The summed E-state index contributed by atoms with van der Waals surface area (Å²) in [6.07, 6.45) is 0. The second-order valence-corrected chi connectivity index (χ2v) is 7.39. The Morgan fingerprint density at radius 3 is 2.52 bits per heavy atom. The van der Waals surface area contributed by atoms with Crippen molar-refractivity contribution in [3.8, 4) is 11.1 Å². The molecule has 1 aromatic carbocycles. The third kappa shape index (κ3) is 4.59. The molecule has 3 rings (SSSR count). The minimum Gasteiger partial charge on any atom is -0.492 e. The van der Waals surface area contributed by atoms with E-state index < -0.39 is 0 Å². The van der Waals surface area contributed by atoms with Crippen LogP contribution in [0.4, 0.5) is 11.5 Å². The summed E-state index contributed by atoms with van der Waals surface area (Å²) in [6.45, 7) is 13.6. The summed E-state index contributed by atoms with van der Waals surface area (Å²) in [5.74, 6) is 0.841. The van der Waals surface area contributed by atoms with Gasteiger partial charge in [0.2, 0.25) is 0 Å². The number of nitrogens with zero attached hydrogens (tertiary/aromatic N) is 2. The number of hydrogen-bond donors (Lipinski definition) is 2. The maximum absolute atomic E-state index is 8.58. The number of pyridine rings is 1. The zero-order valence-corrected chi connectivity index (χ0v) is 17.5. The van der Waals surface area contributed by atoms with Gasteiger partial charge in [-0.25, -0.2) is 4.98 Å². The van der Waals surface area contributed by atoms with Crippen LogP contribution in [-0.2, 0) is 9.47 Å². The first-order valence-electron chi connectivity index (χ1n) is 10.1. The van der Waals surface area contributed by atoms with Gasteiger partial charge in [0.1, 0.15) is 17.3 Å². The molecule has 1 aromatic heterocycles. The van der Waals surface area contributed by atoms with E-state index in [1.54, 1.807) is 0 Å². The summed E-state index contributed by atoms with van der Waals surface area (Å²) >= 11 is 0. The fraction of sp³-hybridized carbons (Fsp3) is 0.391. The van der Waals surface area contributed by atoms with Crippen LogP contribution in [-0.4, -0.2) is 43.6 Å². The van der Waals surface area contributed by atoms with Gasteiger partial charge in [0.15, 0.2) is 0 Å². The van der Waals surface area contributed by atoms with Crippen molar-refractivity contribution in [3.05, 3.63) is 48.2 Å². The lowest BCUT2D eigenvalue weighted by molar-refractivity contribution is 0.122. The minimum atomic E-state index is 0.0337. The molecule has 0 atom stereocenters. The molecule has 1 aliphatic rings. The zero-order valence-electron chi connectivity index (χ0n) is 17.5. The van der Waals surface area contributed by atoms with E-state index in [2.05, 4.69) is 40.7 Å². The molecule has 1 fully saturated rings. The van der Waals surface area contributed by atoms with Crippen molar-refractivity contribution in [2.45, 2.75) is 20.8 Å². The molecule has 154 valence electrons.